The molecule has 1 aromatic rings. The number of hydrogen-bond donors (Lipinski definition) is 2. The first-order chi connectivity index (χ1) is 6.66. The highest BCUT2D eigenvalue weighted by atomic mass is 19.1. The van der Waals surface area contributed by atoms with E-state index in [1.54, 1.807) is 0 Å². The standard InChI is InChI=1S/C9H10BFO3/c11-6-1-4-9(14-7-2-3-7)8(5-6)10(12)13/h1,4-5,7,12-13H,2-3H2. The van der Waals surface area contributed by atoms with Gasteiger partial charge in [0.2, 0.25) is 0 Å². The zero-order valence-electron chi connectivity index (χ0n) is 7.48. The van der Waals surface area contributed by atoms with Crippen molar-refractivity contribution in [3.8, 4) is 5.75 Å². The predicted molar refractivity (Wildman–Crippen MR) is 49.9 cm³/mol. The average molecular weight is 196 g/mol. The van der Waals surface area contributed by atoms with Crippen molar-refractivity contribution >= 4 is 12.6 Å². The van der Waals surface area contributed by atoms with Crippen molar-refractivity contribution in [2.75, 3.05) is 0 Å². The molecule has 14 heavy (non-hydrogen) atoms. The van der Waals surface area contributed by atoms with Crippen LogP contribution in [0.5, 0.6) is 5.75 Å². The van der Waals surface area contributed by atoms with Gasteiger partial charge in [0.25, 0.3) is 0 Å². The van der Waals surface area contributed by atoms with Crippen LogP contribution in [-0.2, 0) is 0 Å². The zero-order valence-corrected chi connectivity index (χ0v) is 7.48. The van der Waals surface area contributed by atoms with Crippen molar-refractivity contribution < 1.29 is 19.2 Å². The van der Waals surface area contributed by atoms with E-state index in [4.69, 9.17) is 14.8 Å². The molecule has 1 aromatic carbocycles. The van der Waals surface area contributed by atoms with Gasteiger partial charge in [0.15, 0.2) is 0 Å². The van der Waals surface area contributed by atoms with E-state index in [2.05, 4.69) is 0 Å². The summed E-state index contributed by atoms with van der Waals surface area (Å²) in [7, 11) is -1.69. The normalized spacial score (nSPS) is 15.4. The van der Waals surface area contributed by atoms with Gasteiger partial charge in [-0.1, -0.05) is 0 Å². The van der Waals surface area contributed by atoms with Gasteiger partial charge in [-0.15, -0.1) is 0 Å². The van der Waals surface area contributed by atoms with Gasteiger partial charge < -0.3 is 14.8 Å². The minimum absolute atomic E-state index is 0.0805. The highest BCUT2D eigenvalue weighted by Crippen LogP contribution is 2.25. The molecule has 5 heteroatoms. The Morgan fingerprint density at radius 1 is 1.36 bits per heavy atom. The molecular formula is C9H10BFO3. The van der Waals surface area contributed by atoms with Gasteiger partial charge in [0.1, 0.15) is 11.6 Å². The van der Waals surface area contributed by atoms with E-state index < -0.39 is 12.9 Å². The van der Waals surface area contributed by atoms with Gasteiger partial charge in [0, 0.05) is 5.46 Å². The molecule has 0 atom stereocenters. The maximum Gasteiger partial charge on any atom is 0.492 e. The molecule has 0 saturated heterocycles. The van der Waals surface area contributed by atoms with Gasteiger partial charge >= 0.3 is 7.12 Å². The Bertz CT molecular complexity index is 339. The number of hydrogen-bond acceptors (Lipinski definition) is 3. The summed E-state index contributed by atoms with van der Waals surface area (Å²) >= 11 is 0. The maximum atomic E-state index is 12.8. The molecule has 0 aliphatic heterocycles. The summed E-state index contributed by atoms with van der Waals surface area (Å²) in [5.41, 5.74) is 0.0805. The molecule has 0 bridgehead atoms. The molecule has 2 N–H and O–H groups in total. The molecule has 1 aliphatic rings. The van der Waals surface area contributed by atoms with Crippen LogP contribution in [0, 0.1) is 5.82 Å². The lowest BCUT2D eigenvalue weighted by Crippen LogP contribution is -2.32. The van der Waals surface area contributed by atoms with Crippen LogP contribution in [0.3, 0.4) is 0 Å². The lowest BCUT2D eigenvalue weighted by molar-refractivity contribution is 0.303. The fourth-order valence-corrected chi connectivity index (χ4v) is 1.19. The van der Waals surface area contributed by atoms with E-state index in [1.165, 1.54) is 12.1 Å². The fraction of sp³-hybridized carbons (Fsp3) is 0.333. The van der Waals surface area contributed by atoms with Gasteiger partial charge in [-0.05, 0) is 31.0 Å². The molecule has 1 aliphatic carbocycles. The molecule has 0 spiro atoms. The lowest BCUT2D eigenvalue weighted by atomic mass is 9.79. The smallest absolute Gasteiger partial charge is 0.491 e. The second kappa shape index (κ2) is 3.59. The minimum Gasteiger partial charge on any atom is -0.491 e. The van der Waals surface area contributed by atoms with Crippen LogP contribution in [-0.4, -0.2) is 23.3 Å². The summed E-state index contributed by atoms with van der Waals surface area (Å²) in [5, 5.41) is 17.9. The molecule has 3 nitrogen and oxygen atoms in total. The Balaban J connectivity index is 2.26. The quantitative estimate of drug-likeness (QED) is 0.671. The lowest BCUT2D eigenvalue weighted by Gasteiger charge is -2.09. The molecule has 0 aromatic heterocycles. The minimum atomic E-state index is -1.69. The molecule has 0 amide bonds. The first-order valence-corrected chi connectivity index (χ1v) is 4.49. The molecule has 1 fully saturated rings. The van der Waals surface area contributed by atoms with Crippen molar-refractivity contribution in [1.82, 2.24) is 0 Å². The van der Waals surface area contributed by atoms with Crippen LogP contribution in [0.4, 0.5) is 4.39 Å². The second-order valence-corrected chi connectivity index (χ2v) is 3.37. The number of rotatable bonds is 3. The van der Waals surface area contributed by atoms with E-state index in [0.717, 1.165) is 18.9 Å². The van der Waals surface area contributed by atoms with E-state index in [1.807, 2.05) is 0 Å². The summed E-state index contributed by atoms with van der Waals surface area (Å²) in [6.07, 6.45) is 2.09. The monoisotopic (exact) mass is 196 g/mol. The molecule has 1 saturated carbocycles. The highest BCUT2D eigenvalue weighted by Gasteiger charge is 2.26. The van der Waals surface area contributed by atoms with Crippen molar-refractivity contribution in [2.45, 2.75) is 18.9 Å². The van der Waals surface area contributed by atoms with Crippen LogP contribution in [0.2, 0.25) is 0 Å². The van der Waals surface area contributed by atoms with Crippen molar-refractivity contribution in [3.63, 3.8) is 0 Å². The summed E-state index contributed by atoms with van der Waals surface area (Å²) in [5.74, 6) is -0.153. The van der Waals surface area contributed by atoms with Crippen LogP contribution in [0.15, 0.2) is 18.2 Å². The fourth-order valence-electron chi connectivity index (χ4n) is 1.19. The molecule has 0 radical (unpaired) electrons. The Hall–Kier alpha value is -1.07. The topological polar surface area (TPSA) is 49.7 Å². The van der Waals surface area contributed by atoms with Crippen molar-refractivity contribution in [1.29, 1.82) is 0 Å². The Kier molecular flexibility index (Phi) is 2.43. The van der Waals surface area contributed by atoms with Crippen LogP contribution >= 0.6 is 0 Å². The van der Waals surface area contributed by atoms with Crippen molar-refractivity contribution in [2.24, 2.45) is 0 Å². The van der Waals surface area contributed by atoms with Crippen LogP contribution < -0.4 is 10.2 Å². The van der Waals surface area contributed by atoms with Gasteiger partial charge in [-0.3, -0.25) is 0 Å². The second-order valence-electron chi connectivity index (χ2n) is 3.37. The third-order valence-corrected chi connectivity index (χ3v) is 2.07. The SMILES string of the molecule is OB(O)c1cc(F)ccc1OC1CC1. The van der Waals surface area contributed by atoms with Crippen LogP contribution in [0.1, 0.15) is 12.8 Å². The third kappa shape index (κ3) is 2.05. The molecule has 74 valence electrons. The number of ether oxygens (including phenoxy) is 1. The number of benzene rings is 1. The molecule has 2 rings (SSSR count). The first kappa shape index (κ1) is 9.49. The third-order valence-electron chi connectivity index (χ3n) is 2.07. The zero-order chi connectivity index (χ0) is 10.1. The first-order valence-electron chi connectivity index (χ1n) is 4.49. The number of halogens is 1. The largest absolute Gasteiger partial charge is 0.492 e. The molecule has 0 heterocycles. The maximum absolute atomic E-state index is 12.8. The predicted octanol–water partition coefficient (Wildman–Crippen LogP) is 0.0467. The summed E-state index contributed by atoms with van der Waals surface area (Å²) < 4.78 is 18.2. The molecular weight excluding hydrogens is 186 g/mol. The summed E-state index contributed by atoms with van der Waals surface area (Å²) in [6.45, 7) is 0. The van der Waals surface area contributed by atoms with Crippen LogP contribution in [0.25, 0.3) is 0 Å². The summed E-state index contributed by atoms with van der Waals surface area (Å²) in [4.78, 5) is 0. The van der Waals surface area contributed by atoms with E-state index in [-0.39, 0.29) is 11.6 Å². The van der Waals surface area contributed by atoms with E-state index in [0.29, 0.717) is 5.75 Å². The Morgan fingerprint density at radius 3 is 2.64 bits per heavy atom. The van der Waals surface area contributed by atoms with Crippen molar-refractivity contribution in [3.05, 3.63) is 24.0 Å². The molecule has 0 unspecified atom stereocenters. The van der Waals surface area contributed by atoms with Gasteiger partial charge in [-0.25, -0.2) is 4.39 Å². The van der Waals surface area contributed by atoms with E-state index in [9.17, 15) is 4.39 Å². The summed E-state index contributed by atoms with van der Waals surface area (Å²) in [6, 6.07) is 3.73. The Labute approximate surface area is 81.3 Å². The average Bonchev–Trinajstić information content (AvgIpc) is 2.91. The van der Waals surface area contributed by atoms with E-state index >= 15 is 0 Å². The highest BCUT2D eigenvalue weighted by molar-refractivity contribution is 6.59. The van der Waals surface area contributed by atoms with Gasteiger partial charge in [-0.2, -0.15) is 0 Å². The Morgan fingerprint density at radius 2 is 2.07 bits per heavy atom. The van der Waals surface area contributed by atoms with Gasteiger partial charge in [0.05, 0.1) is 6.10 Å².